The molecule has 0 saturated carbocycles. The number of carboxylic acids is 1. The van der Waals surface area contributed by atoms with Gasteiger partial charge >= 0.3 is 5.97 Å². The van der Waals surface area contributed by atoms with Crippen LogP contribution in [0.3, 0.4) is 0 Å². The van der Waals surface area contributed by atoms with Crippen LogP contribution >= 0.6 is 11.8 Å². The van der Waals surface area contributed by atoms with Gasteiger partial charge in [-0.2, -0.15) is 0 Å². The van der Waals surface area contributed by atoms with Gasteiger partial charge in [0.1, 0.15) is 0 Å². The summed E-state index contributed by atoms with van der Waals surface area (Å²) in [6.45, 7) is 7.21. The molecule has 88 valence electrons. The molecule has 1 aromatic heterocycles. The van der Waals surface area contributed by atoms with Gasteiger partial charge in [-0.15, -0.1) is 0 Å². The van der Waals surface area contributed by atoms with E-state index >= 15 is 0 Å². The van der Waals surface area contributed by atoms with Gasteiger partial charge in [-0.1, -0.05) is 11.8 Å². The zero-order valence-corrected chi connectivity index (χ0v) is 10.8. The molecule has 4 nitrogen and oxygen atoms in total. The van der Waals surface area contributed by atoms with Crippen LogP contribution in [0.5, 0.6) is 0 Å². The van der Waals surface area contributed by atoms with E-state index in [0.29, 0.717) is 10.9 Å². The first-order valence-electron chi connectivity index (χ1n) is 5.00. The van der Waals surface area contributed by atoms with Gasteiger partial charge in [0.25, 0.3) is 0 Å². The Morgan fingerprint density at radius 2 is 1.88 bits per heavy atom. The van der Waals surface area contributed by atoms with Gasteiger partial charge in [0.2, 0.25) is 0 Å². The van der Waals surface area contributed by atoms with Crippen LogP contribution in [-0.4, -0.2) is 26.8 Å². The molecule has 0 spiro atoms. The van der Waals surface area contributed by atoms with Gasteiger partial charge < -0.3 is 5.11 Å². The van der Waals surface area contributed by atoms with Gasteiger partial charge in [0.05, 0.1) is 5.41 Å². The third kappa shape index (κ3) is 3.48. The zero-order chi connectivity index (χ0) is 12.3. The Kier molecular flexibility index (Phi) is 3.91. The summed E-state index contributed by atoms with van der Waals surface area (Å²) < 4.78 is 0. The van der Waals surface area contributed by atoms with Gasteiger partial charge in [-0.3, -0.25) is 4.79 Å². The number of hydrogen-bond donors (Lipinski definition) is 1. The quantitative estimate of drug-likeness (QED) is 0.646. The number of hydrogen-bond acceptors (Lipinski definition) is 4. The first-order valence-corrected chi connectivity index (χ1v) is 5.98. The number of thioether (sulfide) groups is 1. The Balaban J connectivity index is 2.71. The van der Waals surface area contributed by atoms with E-state index in [-0.39, 0.29) is 0 Å². The number of aliphatic carboxylic acids is 1. The number of nitrogens with zero attached hydrogens (tertiary/aromatic N) is 2. The summed E-state index contributed by atoms with van der Waals surface area (Å²) in [7, 11) is 0. The number of carbonyl (C=O) groups is 1. The molecular weight excluding hydrogens is 224 g/mol. The summed E-state index contributed by atoms with van der Waals surface area (Å²) >= 11 is 1.38. The van der Waals surface area contributed by atoms with E-state index in [1.165, 1.54) is 11.8 Å². The van der Waals surface area contributed by atoms with Gasteiger partial charge in [0.15, 0.2) is 5.16 Å². The van der Waals surface area contributed by atoms with Gasteiger partial charge in [-0.25, -0.2) is 9.97 Å². The standard InChI is InChI=1S/C11H16N2O2S/c1-7-5-8(2)13-10(12-7)16-6-11(3,4)9(14)15/h5H,6H2,1-4H3,(H,14,15). The minimum atomic E-state index is -0.802. The molecule has 0 fully saturated rings. The molecule has 0 aliphatic heterocycles. The van der Waals surface area contributed by atoms with Crippen molar-refractivity contribution < 1.29 is 9.90 Å². The normalized spacial score (nSPS) is 11.5. The first-order chi connectivity index (χ1) is 7.31. The molecule has 1 heterocycles. The minimum absolute atomic E-state index is 0.464. The molecule has 0 saturated heterocycles. The molecule has 0 aliphatic rings. The lowest BCUT2D eigenvalue weighted by Gasteiger charge is -2.17. The fraction of sp³-hybridized carbons (Fsp3) is 0.545. The predicted molar refractivity (Wildman–Crippen MR) is 63.6 cm³/mol. The summed E-state index contributed by atoms with van der Waals surface area (Å²) in [4.78, 5) is 19.4. The van der Waals surface area contributed by atoms with Crippen LogP contribution in [0.1, 0.15) is 25.2 Å². The molecule has 0 atom stereocenters. The van der Waals surface area contributed by atoms with Crippen LogP contribution in [0.2, 0.25) is 0 Å². The number of rotatable bonds is 4. The third-order valence-corrected chi connectivity index (χ3v) is 3.41. The SMILES string of the molecule is Cc1cc(C)nc(SCC(C)(C)C(=O)O)n1. The maximum Gasteiger partial charge on any atom is 0.309 e. The number of aryl methyl sites for hydroxylation is 2. The Labute approximate surface area is 99.5 Å². The second-order valence-electron chi connectivity index (χ2n) is 4.41. The van der Waals surface area contributed by atoms with Crippen molar-refractivity contribution in [2.45, 2.75) is 32.9 Å². The Morgan fingerprint density at radius 3 is 2.31 bits per heavy atom. The summed E-state index contributed by atoms with van der Waals surface area (Å²) in [5.74, 6) is -0.338. The van der Waals surface area contributed by atoms with Crippen LogP contribution in [0, 0.1) is 19.3 Å². The molecule has 0 unspecified atom stereocenters. The smallest absolute Gasteiger partial charge is 0.309 e. The summed E-state index contributed by atoms with van der Waals surface area (Å²) in [6, 6.07) is 1.90. The Hall–Kier alpha value is -1.10. The highest BCUT2D eigenvalue weighted by Gasteiger charge is 2.27. The van der Waals surface area contributed by atoms with Gasteiger partial charge in [-0.05, 0) is 33.8 Å². The van der Waals surface area contributed by atoms with Crippen molar-refractivity contribution in [1.29, 1.82) is 0 Å². The second-order valence-corrected chi connectivity index (χ2v) is 5.35. The van der Waals surface area contributed by atoms with Crippen molar-refractivity contribution >= 4 is 17.7 Å². The maximum atomic E-state index is 10.9. The van der Waals surface area contributed by atoms with Crippen molar-refractivity contribution in [1.82, 2.24) is 9.97 Å². The minimum Gasteiger partial charge on any atom is -0.481 e. The van der Waals surface area contributed by atoms with Crippen LogP contribution in [0.15, 0.2) is 11.2 Å². The van der Waals surface area contributed by atoms with Crippen LogP contribution in [-0.2, 0) is 4.79 Å². The third-order valence-electron chi connectivity index (χ3n) is 2.10. The van der Waals surface area contributed by atoms with Crippen LogP contribution < -0.4 is 0 Å². The lowest BCUT2D eigenvalue weighted by molar-refractivity contribution is -0.145. The highest BCUT2D eigenvalue weighted by atomic mass is 32.2. The lowest BCUT2D eigenvalue weighted by atomic mass is 9.97. The Bertz CT molecular complexity index is 385. The molecule has 0 radical (unpaired) electrons. The van der Waals surface area contributed by atoms with Crippen LogP contribution in [0.25, 0.3) is 0 Å². The van der Waals surface area contributed by atoms with Crippen LogP contribution in [0.4, 0.5) is 0 Å². The van der Waals surface area contributed by atoms with E-state index in [9.17, 15) is 4.79 Å². The van der Waals surface area contributed by atoms with Crippen molar-refractivity contribution in [3.05, 3.63) is 17.5 Å². The van der Waals surface area contributed by atoms with Crippen molar-refractivity contribution in [2.75, 3.05) is 5.75 Å². The van der Waals surface area contributed by atoms with Gasteiger partial charge in [0, 0.05) is 17.1 Å². The number of aromatic nitrogens is 2. The molecular formula is C11H16N2O2S. The first kappa shape index (κ1) is 13.0. The average molecular weight is 240 g/mol. The molecule has 0 amide bonds. The highest BCUT2D eigenvalue weighted by Crippen LogP contribution is 2.25. The largest absolute Gasteiger partial charge is 0.481 e. The predicted octanol–water partition coefficient (Wildman–Crippen LogP) is 2.30. The summed E-state index contributed by atoms with van der Waals surface area (Å²) in [5, 5.41) is 9.62. The van der Waals surface area contributed by atoms with E-state index in [1.807, 2.05) is 19.9 Å². The zero-order valence-electron chi connectivity index (χ0n) is 9.94. The molecule has 1 rings (SSSR count). The average Bonchev–Trinajstić information content (AvgIpc) is 2.13. The van der Waals surface area contributed by atoms with E-state index in [2.05, 4.69) is 9.97 Å². The summed E-state index contributed by atoms with van der Waals surface area (Å²) in [6.07, 6.45) is 0. The van der Waals surface area contributed by atoms with E-state index < -0.39 is 11.4 Å². The van der Waals surface area contributed by atoms with Crippen molar-refractivity contribution in [3.8, 4) is 0 Å². The maximum absolute atomic E-state index is 10.9. The van der Waals surface area contributed by atoms with E-state index in [0.717, 1.165) is 11.4 Å². The molecule has 16 heavy (non-hydrogen) atoms. The number of carboxylic acid groups (broad SMARTS) is 1. The fourth-order valence-corrected chi connectivity index (χ4v) is 2.10. The van der Waals surface area contributed by atoms with E-state index in [1.54, 1.807) is 13.8 Å². The second kappa shape index (κ2) is 4.82. The lowest BCUT2D eigenvalue weighted by Crippen LogP contribution is -2.26. The molecule has 1 N–H and O–H groups in total. The van der Waals surface area contributed by atoms with E-state index in [4.69, 9.17) is 5.11 Å². The summed E-state index contributed by atoms with van der Waals surface area (Å²) in [5.41, 5.74) is 1.05. The topological polar surface area (TPSA) is 63.1 Å². The van der Waals surface area contributed by atoms with Crippen molar-refractivity contribution in [3.63, 3.8) is 0 Å². The monoisotopic (exact) mass is 240 g/mol. The van der Waals surface area contributed by atoms with Crippen molar-refractivity contribution in [2.24, 2.45) is 5.41 Å². The molecule has 5 heteroatoms. The molecule has 0 aromatic carbocycles. The molecule has 1 aromatic rings. The Morgan fingerprint density at radius 1 is 1.38 bits per heavy atom. The molecule has 0 aliphatic carbocycles. The molecule has 0 bridgehead atoms. The highest BCUT2D eigenvalue weighted by molar-refractivity contribution is 7.99. The fourth-order valence-electron chi connectivity index (χ4n) is 1.06.